The number of carbonyl (C=O) groups excluding carboxylic acids is 3. The summed E-state index contributed by atoms with van der Waals surface area (Å²) >= 11 is 0. The van der Waals surface area contributed by atoms with Crippen LogP contribution in [0.1, 0.15) is 83.2 Å². The maximum absolute atomic E-state index is 14.5. The van der Waals surface area contributed by atoms with E-state index in [4.69, 9.17) is 15.5 Å². The van der Waals surface area contributed by atoms with Gasteiger partial charge in [-0.05, 0) is 94.7 Å². The number of nitrogens with two attached hydrogens (primary N) is 1. The number of benzene rings is 2. The third-order valence-corrected chi connectivity index (χ3v) is 9.67. The van der Waals surface area contributed by atoms with E-state index in [1.807, 2.05) is 58.0 Å². The number of H-pyrrole nitrogens is 3. The lowest BCUT2D eigenvalue weighted by Crippen LogP contribution is -2.52. The second-order valence-corrected chi connectivity index (χ2v) is 15.2. The Kier molecular flexibility index (Phi) is 10.2. The van der Waals surface area contributed by atoms with Crippen molar-refractivity contribution < 1.29 is 19.1 Å². The summed E-state index contributed by atoms with van der Waals surface area (Å²) in [5.74, 6) is 0.128. The van der Waals surface area contributed by atoms with Crippen LogP contribution in [-0.2, 0) is 20.7 Å². The number of fused-ring (bicyclic) bond motifs is 2. The van der Waals surface area contributed by atoms with Gasteiger partial charge in [-0.2, -0.15) is 0 Å². The number of carbonyl (C=O) groups is 3. The van der Waals surface area contributed by atoms with Crippen LogP contribution in [-0.4, -0.2) is 61.0 Å². The normalized spacial score (nSPS) is 17.0. The number of alkyl carbamates (subject to hydrolysis) is 1. The van der Waals surface area contributed by atoms with Crippen molar-refractivity contribution in [2.75, 3.05) is 11.4 Å². The number of aromatic amines is 3. The molecule has 0 bridgehead atoms. The Morgan fingerprint density at radius 1 is 0.962 bits per heavy atom. The molecule has 0 radical (unpaired) electrons. The zero-order valence-electron chi connectivity index (χ0n) is 30.6. The van der Waals surface area contributed by atoms with Crippen molar-refractivity contribution in [2.45, 2.75) is 91.2 Å². The summed E-state index contributed by atoms with van der Waals surface area (Å²) in [4.78, 5) is 71.9. The molecule has 6 N–H and O–H groups in total. The van der Waals surface area contributed by atoms with Gasteiger partial charge >= 0.3 is 11.8 Å². The number of amides is 3. The first-order chi connectivity index (χ1) is 24.6. The van der Waals surface area contributed by atoms with Gasteiger partial charge in [-0.3, -0.25) is 14.5 Å². The molecule has 0 unspecified atom stereocenters. The fraction of sp³-hybridized carbons (Fsp3) is 0.436. The molecule has 0 saturated heterocycles. The molecule has 3 amide bonds. The molecule has 5 aromatic rings. The summed E-state index contributed by atoms with van der Waals surface area (Å²) < 4.78 is 5.37. The highest BCUT2D eigenvalue weighted by Crippen LogP contribution is 2.34. The van der Waals surface area contributed by atoms with Gasteiger partial charge < -0.3 is 30.7 Å². The van der Waals surface area contributed by atoms with Crippen molar-refractivity contribution in [3.8, 4) is 11.3 Å². The van der Waals surface area contributed by atoms with E-state index in [2.05, 4.69) is 39.1 Å². The Morgan fingerprint density at radius 3 is 2.31 bits per heavy atom. The van der Waals surface area contributed by atoms with Crippen LogP contribution in [0.3, 0.4) is 0 Å². The molecule has 13 heteroatoms. The first kappa shape index (κ1) is 36.3. The highest BCUT2D eigenvalue weighted by molar-refractivity contribution is 6.02. The molecule has 13 nitrogen and oxygen atoms in total. The van der Waals surface area contributed by atoms with Crippen LogP contribution in [0.4, 0.5) is 10.5 Å². The maximum atomic E-state index is 14.5. The lowest BCUT2D eigenvalue weighted by atomic mass is 9.81. The number of hydrogen-bond donors (Lipinski definition) is 5. The molecule has 0 aliphatic heterocycles. The minimum absolute atomic E-state index is 0.182. The van der Waals surface area contributed by atoms with Crippen LogP contribution in [0, 0.1) is 18.8 Å². The summed E-state index contributed by atoms with van der Waals surface area (Å²) in [5.41, 5.74) is 11.8. The third-order valence-electron chi connectivity index (χ3n) is 9.67. The van der Waals surface area contributed by atoms with E-state index in [-0.39, 0.29) is 35.8 Å². The van der Waals surface area contributed by atoms with Gasteiger partial charge in [-0.25, -0.2) is 19.6 Å². The van der Waals surface area contributed by atoms with Crippen molar-refractivity contribution in [3.05, 3.63) is 76.0 Å². The van der Waals surface area contributed by atoms with Crippen molar-refractivity contribution in [3.63, 3.8) is 0 Å². The standard InChI is InChI=1S/C39H48N8O5/c1-21(2)34-42-30-17-22(3)32(45-35(30)46-34)25-11-7-23(8-12-25)18-31(33(40)48)47(27-15-16-28-29(19-27)44-37(50)43-28)36(49)26-13-9-24(10-14-26)20-41-38(51)52-39(4,5)6/h7-8,11-12,15-17,19,21,24,26,31H,9-10,13-14,18,20H2,1-6H3,(H2,40,48)(H,41,51)(H,42,45,46)(H2,43,44,50)/t24-,26-,31-/m0/s1. The second kappa shape index (κ2) is 14.6. The summed E-state index contributed by atoms with van der Waals surface area (Å²) in [6.45, 7) is 12.1. The highest BCUT2D eigenvalue weighted by Gasteiger charge is 2.36. The lowest BCUT2D eigenvalue weighted by molar-refractivity contribution is -0.127. The highest BCUT2D eigenvalue weighted by atomic mass is 16.6. The molecule has 1 aliphatic rings. The Hall–Kier alpha value is -5.46. The SMILES string of the molecule is Cc1cc2nc(C(C)C)[nH]c2nc1-c1ccc(C[C@@H](C(N)=O)N(c2ccc3[nH]c(=O)[nH]c3c2)C(=O)[C@H]2CC[C@H](CNC(=O)OC(C)(C)C)CC2)cc1. The van der Waals surface area contributed by atoms with Gasteiger partial charge in [0.15, 0.2) is 5.65 Å². The number of anilines is 1. The number of primary amides is 1. The molecule has 3 aromatic heterocycles. The predicted octanol–water partition coefficient (Wildman–Crippen LogP) is 5.99. The molecule has 1 aliphatic carbocycles. The fourth-order valence-corrected chi connectivity index (χ4v) is 6.95. The first-order valence-corrected chi connectivity index (χ1v) is 17.9. The fourth-order valence-electron chi connectivity index (χ4n) is 6.95. The Labute approximate surface area is 302 Å². The second-order valence-electron chi connectivity index (χ2n) is 15.2. The van der Waals surface area contributed by atoms with Gasteiger partial charge in [-0.1, -0.05) is 38.1 Å². The summed E-state index contributed by atoms with van der Waals surface area (Å²) in [7, 11) is 0. The van der Waals surface area contributed by atoms with Crippen LogP contribution < -0.4 is 21.6 Å². The molecule has 2 aromatic carbocycles. The number of rotatable bonds is 10. The van der Waals surface area contributed by atoms with E-state index in [0.29, 0.717) is 36.1 Å². The number of ether oxygens (including phenoxy) is 1. The van der Waals surface area contributed by atoms with Gasteiger partial charge in [0.05, 0.1) is 16.7 Å². The van der Waals surface area contributed by atoms with E-state index >= 15 is 0 Å². The van der Waals surface area contributed by atoms with Gasteiger partial charge in [0.2, 0.25) is 11.8 Å². The van der Waals surface area contributed by atoms with Crippen molar-refractivity contribution in [1.82, 2.24) is 30.2 Å². The minimum atomic E-state index is -0.997. The zero-order valence-corrected chi connectivity index (χ0v) is 30.6. The van der Waals surface area contributed by atoms with Crippen LogP contribution in [0.25, 0.3) is 33.5 Å². The number of pyridine rings is 1. The minimum Gasteiger partial charge on any atom is -0.444 e. The van der Waals surface area contributed by atoms with E-state index in [1.165, 1.54) is 4.90 Å². The largest absolute Gasteiger partial charge is 0.444 e. The molecular weight excluding hydrogens is 660 g/mol. The smallest absolute Gasteiger partial charge is 0.407 e. The van der Waals surface area contributed by atoms with Crippen LogP contribution in [0.2, 0.25) is 0 Å². The quantitative estimate of drug-likeness (QED) is 0.118. The molecule has 0 spiro atoms. The third kappa shape index (κ3) is 8.19. The topological polar surface area (TPSA) is 192 Å². The summed E-state index contributed by atoms with van der Waals surface area (Å²) in [6, 6.07) is 14.0. The number of hydrogen-bond acceptors (Lipinski definition) is 7. The number of imidazole rings is 2. The molecule has 1 saturated carbocycles. The first-order valence-electron chi connectivity index (χ1n) is 17.9. The van der Waals surface area contributed by atoms with Gasteiger partial charge in [0.25, 0.3) is 0 Å². The van der Waals surface area contributed by atoms with Crippen LogP contribution in [0.15, 0.2) is 53.3 Å². The molecule has 3 heterocycles. The van der Waals surface area contributed by atoms with E-state index in [1.54, 1.807) is 18.2 Å². The van der Waals surface area contributed by atoms with Gasteiger partial charge in [0.1, 0.15) is 23.0 Å². The molecule has 6 rings (SSSR count). The summed E-state index contributed by atoms with van der Waals surface area (Å²) in [5, 5.41) is 2.85. The zero-order chi connectivity index (χ0) is 37.3. The Bertz CT molecular complexity index is 2150. The van der Waals surface area contributed by atoms with Crippen LogP contribution >= 0.6 is 0 Å². The Balaban J connectivity index is 1.23. The molecular formula is C39H48N8O5. The van der Waals surface area contributed by atoms with Crippen molar-refractivity contribution in [1.29, 1.82) is 0 Å². The van der Waals surface area contributed by atoms with E-state index in [9.17, 15) is 19.2 Å². The van der Waals surface area contributed by atoms with Gasteiger partial charge in [-0.15, -0.1) is 0 Å². The van der Waals surface area contributed by atoms with Gasteiger partial charge in [0, 0.05) is 36.1 Å². The maximum Gasteiger partial charge on any atom is 0.407 e. The molecule has 1 atom stereocenters. The number of nitrogens with one attached hydrogen (secondary N) is 4. The summed E-state index contributed by atoms with van der Waals surface area (Å²) in [6.07, 6.45) is 2.35. The monoisotopic (exact) mass is 708 g/mol. The van der Waals surface area contributed by atoms with E-state index < -0.39 is 23.6 Å². The average molecular weight is 709 g/mol. The van der Waals surface area contributed by atoms with Crippen molar-refractivity contribution >= 4 is 45.8 Å². The number of aryl methyl sites for hydroxylation is 1. The number of nitrogens with zero attached hydrogens (tertiary/aromatic N) is 3. The molecule has 1 fully saturated rings. The van der Waals surface area contributed by atoms with E-state index in [0.717, 1.165) is 52.2 Å². The van der Waals surface area contributed by atoms with Crippen molar-refractivity contribution in [2.24, 2.45) is 17.6 Å². The predicted molar refractivity (Wildman–Crippen MR) is 201 cm³/mol. The molecule has 52 heavy (non-hydrogen) atoms. The average Bonchev–Trinajstić information content (AvgIpc) is 3.68. The van der Waals surface area contributed by atoms with Crippen LogP contribution in [0.5, 0.6) is 0 Å². The lowest BCUT2D eigenvalue weighted by Gasteiger charge is -2.36. The number of aromatic nitrogens is 5. The molecule has 274 valence electrons. The Morgan fingerprint density at radius 2 is 1.65 bits per heavy atom.